The number of hydrogen-bond acceptors (Lipinski definition) is 3. The van der Waals surface area contributed by atoms with Gasteiger partial charge in [-0.3, -0.25) is 14.9 Å². The van der Waals surface area contributed by atoms with E-state index in [1.807, 2.05) is 7.05 Å². The van der Waals surface area contributed by atoms with Gasteiger partial charge in [0.25, 0.3) is 5.91 Å². The van der Waals surface area contributed by atoms with E-state index in [9.17, 15) is 9.59 Å². The Morgan fingerprint density at radius 3 is 2.62 bits per heavy atom. The van der Waals surface area contributed by atoms with Gasteiger partial charge in [0.05, 0.1) is 6.42 Å². The highest BCUT2D eigenvalue weighted by Gasteiger charge is 2.29. The zero-order chi connectivity index (χ0) is 9.42. The van der Waals surface area contributed by atoms with Gasteiger partial charge < -0.3 is 4.90 Å². The van der Waals surface area contributed by atoms with Crippen LogP contribution in [-0.4, -0.2) is 36.9 Å². The lowest BCUT2D eigenvalue weighted by atomic mass is 10.1. The minimum Gasteiger partial charge on any atom is -0.302 e. The van der Waals surface area contributed by atoms with E-state index in [2.05, 4.69) is 10.2 Å². The van der Waals surface area contributed by atoms with Gasteiger partial charge in [0, 0.05) is 18.7 Å². The molecule has 0 saturated carbocycles. The average molecular weight is 180 g/mol. The van der Waals surface area contributed by atoms with Crippen LogP contribution in [0.3, 0.4) is 0 Å². The van der Waals surface area contributed by atoms with Gasteiger partial charge in [0.15, 0.2) is 0 Å². The smallest absolute Gasteiger partial charge is 0.254 e. The van der Waals surface area contributed by atoms with Gasteiger partial charge in [-0.25, -0.2) is 0 Å². The molecule has 0 aromatic carbocycles. The van der Waals surface area contributed by atoms with Crippen LogP contribution in [0, 0.1) is 0 Å². The molecule has 0 bridgehead atoms. The third kappa shape index (κ3) is 1.49. The first-order valence-electron chi connectivity index (χ1n) is 4.40. The molecule has 70 valence electrons. The fourth-order valence-corrected chi connectivity index (χ4v) is 1.83. The van der Waals surface area contributed by atoms with Gasteiger partial charge in [-0.2, -0.15) is 0 Å². The lowest BCUT2D eigenvalue weighted by Crippen LogP contribution is -2.20. The second-order valence-electron chi connectivity index (χ2n) is 3.62. The molecule has 2 saturated heterocycles. The molecule has 2 aliphatic rings. The topological polar surface area (TPSA) is 49.4 Å². The molecule has 0 radical (unpaired) electrons. The van der Waals surface area contributed by atoms with Crippen LogP contribution in [0.5, 0.6) is 0 Å². The van der Waals surface area contributed by atoms with Crippen molar-refractivity contribution in [2.24, 2.45) is 0 Å². The first kappa shape index (κ1) is 8.44. The minimum absolute atomic E-state index is 0.165. The number of likely N-dealkylation sites (N-methyl/N-ethyl adjacent to an activating group) is 1. The van der Waals surface area contributed by atoms with Crippen LogP contribution < -0.4 is 5.32 Å². The fraction of sp³-hybridized carbons (Fsp3) is 0.556. The molecule has 0 aromatic rings. The number of imide groups is 1. The summed E-state index contributed by atoms with van der Waals surface area (Å²) in [4.78, 5) is 24.3. The molecule has 0 aliphatic carbocycles. The third-order valence-corrected chi connectivity index (χ3v) is 2.55. The molecular formula is C9H12N2O2. The van der Waals surface area contributed by atoms with Crippen molar-refractivity contribution in [1.29, 1.82) is 0 Å². The molecule has 13 heavy (non-hydrogen) atoms. The van der Waals surface area contributed by atoms with Crippen molar-refractivity contribution in [3.8, 4) is 0 Å². The maximum Gasteiger partial charge on any atom is 0.254 e. The fourth-order valence-electron chi connectivity index (χ4n) is 1.83. The number of amides is 2. The zero-order valence-electron chi connectivity index (χ0n) is 7.59. The highest BCUT2D eigenvalue weighted by Crippen LogP contribution is 2.22. The highest BCUT2D eigenvalue weighted by molar-refractivity contribution is 6.13. The maximum absolute atomic E-state index is 11.3. The summed E-state index contributed by atoms with van der Waals surface area (Å²) in [6.45, 7) is 1.82. The first-order valence-corrected chi connectivity index (χ1v) is 4.40. The van der Waals surface area contributed by atoms with Gasteiger partial charge >= 0.3 is 0 Å². The van der Waals surface area contributed by atoms with E-state index in [0.29, 0.717) is 5.57 Å². The third-order valence-electron chi connectivity index (χ3n) is 2.55. The predicted octanol–water partition coefficient (Wildman–Crippen LogP) is -0.335. The Kier molecular flexibility index (Phi) is 1.92. The van der Waals surface area contributed by atoms with E-state index in [1.54, 1.807) is 0 Å². The number of rotatable bonds is 0. The second-order valence-corrected chi connectivity index (χ2v) is 3.62. The summed E-state index contributed by atoms with van der Waals surface area (Å²) in [6, 6.07) is 0. The SMILES string of the molecule is CN1CCC(=C2CC(=O)NC2=O)C1. The van der Waals surface area contributed by atoms with Gasteiger partial charge in [0.1, 0.15) is 0 Å². The minimum atomic E-state index is -0.185. The maximum atomic E-state index is 11.3. The molecule has 0 atom stereocenters. The Morgan fingerprint density at radius 2 is 2.15 bits per heavy atom. The largest absolute Gasteiger partial charge is 0.302 e. The molecule has 4 nitrogen and oxygen atoms in total. The van der Waals surface area contributed by atoms with Gasteiger partial charge in [-0.1, -0.05) is 0 Å². The van der Waals surface area contributed by atoms with Crippen LogP contribution >= 0.6 is 0 Å². The van der Waals surface area contributed by atoms with Crippen LogP contribution in [0.2, 0.25) is 0 Å². The van der Waals surface area contributed by atoms with E-state index in [0.717, 1.165) is 25.1 Å². The monoisotopic (exact) mass is 180 g/mol. The zero-order valence-corrected chi connectivity index (χ0v) is 7.59. The van der Waals surface area contributed by atoms with Crippen molar-refractivity contribution in [1.82, 2.24) is 10.2 Å². The van der Waals surface area contributed by atoms with Crippen LogP contribution in [0.1, 0.15) is 12.8 Å². The molecule has 2 rings (SSSR count). The predicted molar refractivity (Wildman–Crippen MR) is 46.9 cm³/mol. The van der Waals surface area contributed by atoms with Crippen molar-refractivity contribution < 1.29 is 9.59 Å². The van der Waals surface area contributed by atoms with Crippen molar-refractivity contribution in [2.75, 3.05) is 20.1 Å². The van der Waals surface area contributed by atoms with Crippen LogP contribution in [0.15, 0.2) is 11.1 Å². The summed E-state index contributed by atoms with van der Waals surface area (Å²) in [7, 11) is 2.02. The molecule has 2 amide bonds. The molecule has 4 heteroatoms. The number of likely N-dealkylation sites (tertiary alicyclic amines) is 1. The van der Waals surface area contributed by atoms with Crippen LogP contribution in [-0.2, 0) is 9.59 Å². The Morgan fingerprint density at radius 1 is 1.38 bits per heavy atom. The van der Waals surface area contributed by atoms with Crippen molar-refractivity contribution in [2.45, 2.75) is 12.8 Å². The molecule has 0 spiro atoms. The Balaban J connectivity index is 2.24. The average Bonchev–Trinajstić information content (AvgIpc) is 2.58. The number of nitrogens with zero attached hydrogens (tertiary/aromatic N) is 1. The molecule has 2 heterocycles. The molecular weight excluding hydrogens is 168 g/mol. The van der Waals surface area contributed by atoms with E-state index >= 15 is 0 Å². The lowest BCUT2D eigenvalue weighted by molar-refractivity contribution is -0.124. The standard InChI is InChI=1S/C9H12N2O2/c1-11-3-2-6(5-11)7-4-8(12)10-9(7)13/h2-5H2,1H3,(H,10,12,13). The van der Waals surface area contributed by atoms with E-state index in [-0.39, 0.29) is 18.2 Å². The van der Waals surface area contributed by atoms with Crippen LogP contribution in [0.25, 0.3) is 0 Å². The van der Waals surface area contributed by atoms with Crippen molar-refractivity contribution in [3.63, 3.8) is 0 Å². The van der Waals surface area contributed by atoms with Gasteiger partial charge in [-0.15, -0.1) is 0 Å². The number of nitrogens with one attached hydrogen (secondary N) is 1. The lowest BCUT2D eigenvalue weighted by Gasteiger charge is -2.03. The summed E-state index contributed by atoms with van der Waals surface area (Å²) >= 11 is 0. The molecule has 2 aliphatic heterocycles. The summed E-state index contributed by atoms with van der Waals surface area (Å²) < 4.78 is 0. The molecule has 0 aromatic heterocycles. The highest BCUT2D eigenvalue weighted by atomic mass is 16.2. The summed E-state index contributed by atoms with van der Waals surface area (Å²) in [5, 5.41) is 2.30. The van der Waals surface area contributed by atoms with Crippen molar-refractivity contribution >= 4 is 11.8 Å². The quantitative estimate of drug-likeness (QED) is 0.410. The Labute approximate surface area is 76.6 Å². The van der Waals surface area contributed by atoms with Gasteiger partial charge in [0.2, 0.25) is 5.91 Å². The number of hydrogen-bond donors (Lipinski definition) is 1. The van der Waals surface area contributed by atoms with Crippen molar-refractivity contribution in [3.05, 3.63) is 11.1 Å². The van der Waals surface area contributed by atoms with Gasteiger partial charge in [-0.05, 0) is 19.0 Å². The second kappa shape index (κ2) is 2.96. The summed E-state index contributed by atoms with van der Waals surface area (Å²) in [5.74, 6) is -0.350. The Hall–Kier alpha value is -1.16. The molecule has 1 N–H and O–H groups in total. The van der Waals surface area contributed by atoms with Crippen LogP contribution in [0.4, 0.5) is 0 Å². The Bertz CT molecular complexity index is 307. The van der Waals surface area contributed by atoms with E-state index < -0.39 is 0 Å². The molecule has 0 unspecified atom stereocenters. The molecule has 2 fully saturated rings. The number of carbonyl (C=O) groups is 2. The first-order chi connectivity index (χ1) is 6.16. The number of carbonyl (C=O) groups excluding carboxylic acids is 2. The normalized spacial score (nSPS) is 29.9. The van der Waals surface area contributed by atoms with E-state index in [1.165, 1.54) is 0 Å². The summed E-state index contributed by atoms with van der Waals surface area (Å²) in [5.41, 5.74) is 1.83. The summed E-state index contributed by atoms with van der Waals surface area (Å²) in [6.07, 6.45) is 1.20. The van der Waals surface area contributed by atoms with E-state index in [4.69, 9.17) is 0 Å².